The van der Waals surface area contributed by atoms with Crippen molar-refractivity contribution in [3.63, 3.8) is 0 Å². The minimum atomic E-state index is 0.277. The van der Waals surface area contributed by atoms with E-state index in [4.69, 9.17) is 4.98 Å². The van der Waals surface area contributed by atoms with Gasteiger partial charge in [0.2, 0.25) is 0 Å². The Hall–Kier alpha value is -2.36. The number of hydrogen-bond donors (Lipinski definition) is 1. The molecule has 0 bridgehead atoms. The van der Waals surface area contributed by atoms with Crippen molar-refractivity contribution in [3.05, 3.63) is 66.0 Å². The van der Waals surface area contributed by atoms with Gasteiger partial charge in [0.15, 0.2) is 0 Å². The molecule has 0 spiro atoms. The summed E-state index contributed by atoms with van der Waals surface area (Å²) in [4.78, 5) is 8.28. The van der Waals surface area contributed by atoms with Crippen molar-refractivity contribution in [1.82, 2.24) is 19.7 Å². The Bertz CT molecular complexity index is 849. The molecule has 4 rings (SSSR count). The van der Waals surface area contributed by atoms with Crippen LogP contribution in [0.15, 0.2) is 48.9 Å². The van der Waals surface area contributed by atoms with Crippen molar-refractivity contribution in [1.29, 1.82) is 0 Å². The first-order valence-corrected chi connectivity index (χ1v) is 10.1. The molecular formula is C23H30N4. The standard InChI is InChI=1S/C23H30N4/c1-23(2,3)15-19-16-24-22(26-19)14-21(17-6-4-7-17)18-8-10-20(11-9-18)27-13-5-12-25-27/h5,8-13,16-17,21H,4,6-7,14-15H2,1-3H3,(H,24,26). The molecule has 3 aromatic rings. The lowest BCUT2D eigenvalue weighted by molar-refractivity contribution is 0.257. The van der Waals surface area contributed by atoms with Crippen molar-refractivity contribution < 1.29 is 0 Å². The second-order valence-electron chi connectivity index (χ2n) is 9.14. The third-order valence-electron chi connectivity index (χ3n) is 5.62. The summed E-state index contributed by atoms with van der Waals surface area (Å²) in [6.45, 7) is 6.81. The number of imidazole rings is 1. The van der Waals surface area contributed by atoms with Crippen molar-refractivity contribution in [3.8, 4) is 5.69 Å². The summed E-state index contributed by atoms with van der Waals surface area (Å²) in [6.07, 6.45) is 11.9. The Morgan fingerprint density at radius 2 is 1.96 bits per heavy atom. The molecule has 2 aromatic heterocycles. The van der Waals surface area contributed by atoms with E-state index in [1.165, 1.54) is 30.5 Å². The Labute approximate surface area is 162 Å². The number of hydrogen-bond acceptors (Lipinski definition) is 2. The summed E-state index contributed by atoms with van der Waals surface area (Å²) >= 11 is 0. The maximum atomic E-state index is 4.69. The Balaban J connectivity index is 1.52. The highest BCUT2D eigenvalue weighted by Crippen LogP contribution is 2.41. The fourth-order valence-corrected chi connectivity index (χ4v) is 4.07. The van der Waals surface area contributed by atoms with Crippen LogP contribution in [0.5, 0.6) is 0 Å². The molecule has 1 saturated carbocycles. The fourth-order valence-electron chi connectivity index (χ4n) is 4.07. The maximum absolute atomic E-state index is 4.69. The minimum Gasteiger partial charge on any atom is -0.346 e. The molecule has 1 unspecified atom stereocenters. The van der Waals surface area contributed by atoms with E-state index in [1.807, 2.05) is 29.3 Å². The van der Waals surface area contributed by atoms with Gasteiger partial charge < -0.3 is 4.98 Å². The van der Waals surface area contributed by atoms with E-state index in [9.17, 15) is 0 Å². The lowest BCUT2D eigenvalue weighted by Gasteiger charge is -2.34. The van der Waals surface area contributed by atoms with Crippen LogP contribution in [0.1, 0.15) is 63.0 Å². The van der Waals surface area contributed by atoms with E-state index in [2.05, 4.69) is 55.1 Å². The van der Waals surface area contributed by atoms with Gasteiger partial charge in [-0.3, -0.25) is 0 Å². The molecule has 0 saturated heterocycles. The van der Waals surface area contributed by atoms with Gasteiger partial charge in [0.1, 0.15) is 5.82 Å². The molecule has 1 aromatic carbocycles. The van der Waals surface area contributed by atoms with Crippen LogP contribution in [-0.4, -0.2) is 19.7 Å². The number of rotatable bonds is 6. The largest absolute Gasteiger partial charge is 0.346 e. The second-order valence-corrected chi connectivity index (χ2v) is 9.14. The van der Waals surface area contributed by atoms with Crippen LogP contribution in [0.2, 0.25) is 0 Å². The Morgan fingerprint density at radius 1 is 1.19 bits per heavy atom. The lowest BCUT2D eigenvalue weighted by atomic mass is 9.71. The van der Waals surface area contributed by atoms with E-state index in [0.717, 1.165) is 30.3 Å². The van der Waals surface area contributed by atoms with Gasteiger partial charge in [-0.25, -0.2) is 9.67 Å². The van der Waals surface area contributed by atoms with Crippen molar-refractivity contribution in [2.24, 2.45) is 11.3 Å². The van der Waals surface area contributed by atoms with E-state index in [0.29, 0.717) is 5.92 Å². The molecule has 0 aliphatic heterocycles. The third-order valence-corrected chi connectivity index (χ3v) is 5.62. The molecule has 1 atom stereocenters. The molecule has 1 aliphatic carbocycles. The van der Waals surface area contributed by atoms with Crippen LogP contribution in [-0.2, 0) is 12.8 Å². The molecule has 2 heterocycles. The van der Waals surface area contributed by atoms with Crippen LogP contribution in [0, 0.1) is 11.3 Å². The van der Waals surface area contributed by atoms with Crippen LogP contribution in [0.3, 0.4) is 0 Å². The van der Waals surface area contributed by atoms with Gasteiger partial charge in [0.25, 0.3) is 0 Å². The Morgan fingerprint density at radius 3 is 2.56 bits per heavy atom. The molecule has 27 heavy (non-hydrogen) atoms. The summed E-state index contributed by atoms with van der Waals surface area (Å²) in [5, 5.41) is 4.32. The van der Waals surface area contributed by atoms with Crippen LogP contribution >= 0.6 is 0 Å². The highest BCUT2D eigenvalue weighted by Gasteiger charge is 2.29. The second kappa shape index (κ2) is 7.34. The number of nitrogens with zero attached hydrogens (tertiary/aromatic N) is 3. The molecule has 4 nitrogen and oxygen atoms in total. The zero-order valence-corrected chi connectivity index (χ0v) is 16.7. The highest BCUT2D eigenvalue weighted by atomic mass is 15.3. The molecule has 142 valence electrons. The fraction of sp³-hybridized carbons (Fsp3) is 0.478. The normalized spacial score (nSPS) is 16.3. The number of aromatic nitrogens is 4. The van der Waals surface area contributed by atoms with Gasteiger partial charge in [0.05, 0.1) is 5.69 Å². The number of benzene rings is 1. The van der Waals surface area contributed by atoms with E-state index in [-0.39, 0.29) is 5.41 Å². The first-order chi connectivity index (χ1) is 13.0. The van der Waals surface area contributed by atoms with Gasteiger partial charge in [-0.15, -0.1) is 0 Å². The van der Waals surface area contributed by atoms with E-state index >= 15 is 0 Å². The molecule has 0 amide bonds. The number of nitrogens with one attached hydrogen (secondary N) is 1. The van der Waals surface area contributed by atoms with Crippen LogP contribution in [0.4, 0.5) is 0 Å². The van der Waals surface area contributed by atoms with Crippen molar-refractivity contribution in [2.75, 3.05) is 0 Å². The molecular weight excluding hydrogens is 332 g/mol. The predicted octanol–water partition coefficient (Wildman–Crippen LogP) is 5.31. The smallest absolute Gasteiger partial charge is 0.106 e. The van der Waals surface area contributed by atoms with Gasteiger partial charge in [0, 0.05) is 30.7 Å². The number of H-pyrrole nitrogens is 1. The van der Waals surface area contributed by atoms with Crippen LogP contribution < -0.4 is 0 Å². The first-order valence-electron chi connectivity index (χ1n) is 10.1. The van der Waals surface area contributed by atoms with Gasteiger partial charge in [-0.05, 0) is 60.3 Å². The van der Waals surface area contributed by atoms with Gasteiger partial charge in [-0.1, -0.05) is 39.3 Å². The minimum absolute atomic E-state index is 0.277. The highest BCUT2D eigenvalue weighted by molar-refractivity contribution is 5.36. The first kappa shape index (κ1) is 18.0. The molecule has 4 heteroatoms. The van der Waals surface area contributed by atoms with Gasteiger partial charge in [-0.2, -0.15) is 5.10 Å². The monoisotopic (exact) mass is 362 g/mol. The average molecular weight is 363 g/mol. The van der Waals surface area contributed by atoms with Crippen molar-refractivity contribution in [2.45, 2.75) is 58.8 Å². The van der Waals surface area contributed by atoms with E-state index in [1.54, 1.807) is 0 Å². The average Bonchev–Trinajstić information content (AvgIpc) is 3.23. The Kier molecular flexibility index (Phi) is 4.90. The maximum Gasteiger partial charge on any atom is 0.106 e. The summed E-state index contributed by atoms with van der Waals surface area (Å²) in [5.74, 6) is 2.44. The summed E-state index contributed by atoms with van der Waals surface area (Å²) < 4.78 is 1.91. The topological polar surface area (TPSA) is 46.5 Å². The quantitative estimate of drug-likeness (QED) is 0.646. The molecule has 0 radical (unpaired) electrons. The molecule has 1 fully saturated rings. The third kappa shape index (κ3) is 4.32. The van der Waals surface area contributed by atoms with Crippen LogP contribution in [0.25, 0.3) is 5.69 Å². The zero-order chi connectivity index (χ0) is 18.9. The lowest BCUT2D eigenvalue weighted by Crippen LogP contribution is -2.22. The molecule has 1 aliphatic rings. The number of aromatic amines is 1. The predicted molar refractivity (Wildman–Crippen MR) is 109 cm³/mol. The molecule has 1 N–H and O–H groups in total. The summed E-state index contributed by atoms with van der Waals surface area (Å²) in [5.41, 5.74) is 4.06. The van der Waals surface area contributed by atoms with Crippen molar-refractivity contribution >= 4 is 0 Å². The SMILES string of the molecule is CC(C)(C)Cc1cnc(CC(c2ccc(-n3cccn3)cc2)C2CCC2)[nH]1. The van der Waals surface area contributed by atoms with E-state index < -0.39 is 0 Å². The zero-order valence-electron chi connectivity index (χ0n) is 16.7. The summed E-state index contributed by atoms with van der Waals surface area (Å²) in [7, 11) is 0. The van der Waals surface area contributed by atoms with Gasteiger partial charge >= 0.3 is 0 Å². The summed E-state index contributed by atoms with van der Waals surface area (Å²) in [6, 6.07) is 10.9.